The van der Waals surface area contributed by atoms with E-state index in [9.17, 15) is 0 Å². The molecule has 0 aromatic rings. The van der Waals surface area contributed by atoms with Gasteiger partial charge in [0.15, 0.2) is 0 Å². The Morgan fingerprint density at radius 2 is 2.18 bits per heavy atom. The van der Waals surface area contributed by atoms with Gasteiger partial charge in [-0.05, 0) is 36.5 Å². The summed E-state index contributed by atoms with van der Waals surface area (Å²) in [6.07, 6.45) is 10.6. The third kappa shape index (κ3) is 0.953. The molecule has 1 fully saturated rings. The van der Waals surface area contributed by atoms with Gasteiger partial charge in [-0.25, -0.2) is 0 Å². The predicted molar refractivity (Wildman–Crippen MR) is 48.4 cm³/mol. The monoisotopic (exact) mass is 150 g/mol. The van der Waals surface area contributed by atoms with Crippen LogP contribution in [0.3, 0.4) is 0 Å². The predicted octanol–water partition coefficient (Wildman–Crippen LogP) is 3.39. The van der Waals surface area contributed by atoms with Crippen molar-refractivity contribution in [2.24, 2.45) is 17.3 Å². The minimum atomic E-state index is 0.644. The van der Waals surface area contributed by atoms with E-state index in [0.717, 1.165) is 11.8 Å². The van der Waals surface area contributed by atoms with Crippen molar-refractivity contribution in [3.63, 3.8) is 0 Å². The van der Waals surface area contributed by atoms with Crippen LogP contribution in [0.1, 0.15) is 39.5 Å². The fourth-order valence-electron chi connectivity index (χ4n) is 2.94. The Bertz CT molecular complexity index is 180. The Kier molecular flexibility index (Phi) is 1.59. The first-order valence-corrected chi connectivity index (χ1v) is 4.99. The Morgan fingerprint density at radius 3 is 2.64 bits per heavy atom. The number of hydrogen-bond acceptors (Lipinski definition) is 0. The summed E-state index contributed by atoms with van der Waals surface area (Å²) in [7, 11) is 0. The van der Waals surface area contributed by atoms with Gasteiger partial charge in [0.25, 0.3) is 0 Å². The second kappa shape index (κ2) is 2.36. The number of hydrogen-bond donors (Lipinski definition) is 0. The topological polar surface area (TPSA) is 0 Å². The standard InChI is InChI=1S/C11H18/c1-3-9-7-11(4-2)6-5-10(9)8-11/h5-6,9-10H,3-4,7-8H2,1-2H3. The van der Waals surface area contributed by atoms with E-state index in [1.54, 1.807) is 0 Å². The minimum Gasteiger partial charge on any atom is -0.0846 e. The molecule has 2 bridgehead atoms. The van der Waals surface area contributed by atoms with Crippen molar-refractivity contribution >= 4 is 0 Å². The Morgan fingerprint density at radius 1 is 1.36 bits per heavy atom. The van der Waals surface area contributed by atoms with Crippen LogP contribution in [0.4, 0.5) is 0 Å². The third-order valence-electron chi connectivity index (χ3n) is 3.84. The maximum absolute atomic E-state index is 2.49. The molecular weight excluding hydrogens is 132 g/mol. The van der Waals surface area contributed by atoms with Crippen molar-refractivity contribution in [1.29, 1.82) is 0 Å². The van der Waals surface area contributed by atoms with E-state index in [0.29, 0.717) is 5.41 Å². The van der Waals surface area contributed by atoms with E-state index in [4.69, 9.17) is 0 Å². The van der Waals surface area contributed by atoms with Crippen LogP contribution >= 0.6 is 0 Å². The summed E-state index contributed by atoms with van der Waals surface area (Å²) in [4.78, 5) is 0. The molecule has 2 aliphatic carbocycles. The molecule has 1 saturated carbocycles. The van der Waals surface area contributed by atoms with Gasteiger partial charge in [-0.2, -0.15) is 0 Å². The first-order chi connectivity index (χ1) is 5.29. The highest BCUT2D eigenvalue weighted by Gasteiger charge is 2.44. The highest BCUT2D eigenvalue weighted by molar-refractivity contribution is 5.17. The maximum Gasteiger partial charge on any atom is -0.0112 e. The second-order valence-electron chi connectivity index (χ2n) is 4.32. The summed E-state index contributed by atoms with van der Waals surface area (Å²) in [5, 5.41) is 0. The van der Waals surface area contributed by atoms with Gasteiger partial charge in [-0.15, -0.1) is 0 Å². The van der Waals surface area contributed by atoms with Crippen LogP contribution in [0, 0.1) is 17.3 Å². The first kappa shape index (κ1) is 7.39. The third-order valence-corrected chi connectivity index (χ3v) is 3.84. The van der Waals surface area contributed by atoms with Crippen LogP contribution in [0.25, 0.3) is 0 Å². The summed E-state index contributed by atoms with van der Waals surface area (Å²) in [6.45, 7) is 4.67. The largest absolute Gasteiger partial charge is 0.0846 e. The molecule has 0 nitrogen and oxygen atoms in total. The zero-order valence-corrected chi connectivity index (χ0v) is 7.64. The Labute approximate surface area is 69.7 Å². The molecule has 0 amide bonds. The summed E-state index contributed by atoms with van der Waals surface area (Å²) in [5.41, 5.74) is 0.644. The second-order valence-corrected chi connectivity index (χ2v) is 4.32. The molecule has 0 heterocycles. The molecule has 11 heavy (non-hydrogen) atoms. The summed E-state index contributed by atoms with van der Waals surface area (Å²) >= 11 is 0. The smallest absolute Gasteiger partial charge is 0.0112 e. The molecular formula is C11H18. The van der Waals surface area contributed by atoms with Gasteiger partial charge in [-0.3, -0.25) is 0 Å². The van der Waals surface area contributed by atoms with Crippen molar-refractivity contribution < 1.29 is 0 Å². The molecule has 0 spiro atoms. The van der Waals surface area contributed by atoms with Crippen LogP contribution < -0.4 is 0 Å². The van der Waals surface area contributed by atoms with Crippen LogP contribution in [0.2, 0.25) is 0 Å². The van der Waals surface area contributed by atoms with Crippen LogP contribution in [-0.4, -0.2) is 0 Å². The van der Waals surface area contributed by atoms with Crippen molar-refractivity contribution in [3.05, 3.63) is 12.2 Å². The van der Waals surface area contributed by atoms with Crippen molar-refractivity contribution in [2.75, 3.05) is 0 Å². The van der Waals surface area contributed by atoms with Crippen molar-refractivity contribution in [2.45, 2.75) is 39.5 Å². The van der Waals surface area contributed by atoms with E-state index >= 15 is 0 Å². The molecule has 2 aliphatic rings. The fourth-order valence-corrected chi connectivity index (χ4v) is 2.94. The van der Waals surface area contributed by atoms with Crippen molar-refractivity contribution in [1.82, 2.24) is 0 Å². The lowest BCUT2D eigenvalue weighted by Crippen LogP contribution is -2.12. The van der Waals surface area contributed by atoms with E-state index in [2.05, 4.69) is 26.0 Å². The molecule has 0 radical (unpaired) electrons. The van der Waals surface area contributed by atoms with E-state index in [1.807, 2.05) is 0 Å². The lowest BCUT2D eigenvalue weighted by atomic mass is 9.82. The number of allylic oxidation sites excluding steroid dienone is 2. The molecule has 3 unspecified atom stereocenters. The molecule has 2 rings (SSSR count). The molecule has 62 valence electrons. The fraction of sp³-hybridized carbons (Fsp3) is 0.818. The van der Waals surface area contributed by atoms with E-state index < -0.39 is 0 Å². The van der Waals surface area contributed by atoms with Crippen LogP contribution in [-0.2, 0) is 0 Å². The number of fused-ring (bicyclic) bond motifs is 2. The maximum atomic E-state index is 2.49. The van der Waals surface area contributed by atoms with E-state index in [1.165, 1.54) is 25.7 Å². The lowest BCUT2D eigenvalue weighted by molar-refractivity contribution is 0.353. The average molecular weight is 150 g/mol. The quantitative estimate of drug-likeness (QED) is 0.529. The van der Waals surface area contributed by atoms with Gasteiger partial charge in [0.2, 0.25) is 0 Å². The Hall–Kier alpha value is -0.260. The van der Waals surface area contributed by atoms with Gasteiger partial charge >= 0.3 is 0 Å². The molecule has 0 N–H and O–H groups in total. The molecule has 0 aromatic heterocycles. The SMILES string of the molecule is CCC1CC2(CC)C=CC1C2. The van der Waals surface area contributed by atoms with Gasteiger partial charge in [0.1, 0.15) is 0 Å². The molecule has 0 saturated heterocycles. The van der Waals surface area contributed by atoms with Gasteiger partial charge in [0.05, 0.1) is 0 Å². The molecule has 0 heteroatoms. The average Bonchev–Trinajstić information content (AvgIpc) is 2.61. The lowest BCUT2D eigenvalue weighted by Gasteiger charge is -2.23. The minimum absolute atomic E-state index is 0.644. The van der Waals surface area contributed by atoms with E-state index in [-0.39, 0.29) is 0 Å². The normalized spacial score (nSPS) is 47.1. The summed E-state index contributed by atoms with van der Waals surface area (Å²) in [6, 6.07) is 0. The van der Waals surface area contributed by atoms with Crippen LogP contribution in [0.5, 0.6) is 0 Å². The van der Waals surface area contributed by atoms with Crippen LogP contribution in [0.15, 0.2) is 12.2 Å². The molecule has 0 aromatic carbocycles. The highest BCUT2D eigenvalue weighted by atomic mass is 14.5. The number of rotatable bonds is 2. The van der Waals surface area contributed by atoms with Gasteiger partial charge in [0, 0.05) is 0 Å². The Balaban J connectivity index is 2.16. The van der Waals surface area contributed by atoms with Gasteiger partial charge < -0.3 is 0 Å². The van der Waals surface area contributed by atoms with Crippen molar-refractivity contribution in [3.8, 4) is 0 Å². The summed E-state index contributed by atoms with van der Waals surface area (Å²) < 4.78 is 0. The molecule has 0 aliphatic heterocycles. The summed E-state index contributed by atoms with van der Waals surface area (Å²) in [5.74, 6) is 1.96. The molecule has 3 atom stereocenters. The first-order valence-electron chi connectivity index (χ1n) is 4.99. The zero-order chi connectivity index (χ0) is 7.90. The zero-order valence-electron chi connectivity index (χ0n) is 7.64. The van der Waals surface area contributed by atoms with Gasteiger partial charge in [-0.1, -0.05) is 32.4 Å². The highest BCUT2D eigenvalue weighted by Crippen LogP contribution is 2.55.